The number of benzene rings is 1. The van der Waals surface area contributed by atoms with E-state index in [0.717, 1.165) is 4.31 Å². The summed E-state index contributed by atoms with van der Waals surface area (Å²) >= 11 is 0. The Bertz CT molecular complexity index is 925. The molecule has 1 aromatic carbocycles. The third-order valence-electron chi connectivity index (χ3n) is 4.49. The Morgan fingerprint density at radius 2 is 1.93 bits per heavy atom. The molecule has 0 radical (unpaired) electrons. The summed E-state index contributed by atoms with van der Waals surface area (Å²) in [6.45, 7) is 4.88. The van der Waals surface area contributed by atoms with Gasteiger partial charge in [-0.05, 0) is 39.0 Å². The second-order valence-corrected chi connectivity index (χ2v) is 8.68. The zero-order valence-electron chi connectivity index (χ0n) is 15.1. The maximum atomic E-state index is 12.8. The Morgan fingerprint density at radius 3 is 2.52 bits per heavy atom. The van der Waals surface area contributed by atoms with Crippen molar-refractivity contribution < 1.29 is 32.6 Å². The first kappa shape index (κ1) is 19.3. The topological polar surface area (TPSA) is 121 Å². The van der Waals surface area contributed by atoms with E-state index in [-0.39, 0.29) is 29.1 Å². The molecule has 1 aromatic rings. The SMILES string of the molecule is CC(C)N1C(=O)c2ccc(C(=O)N3CC(C(=O)O)O[C@H](C)C3)cc2S1(=O)=O. The molecule has 3 rings (SSSR count). The van der Waals surface area contributed by atoms with Crippen LogP contribution in [0.3, 0.4) is 0 Å². The summed E-state index contributed by atoms with van der Waals surface area (Å²) in [6.07, 6.45) is -1.62. The summed E-state index contributed by atoms with van der Waals surface area (Å²) in [7, 11) is -4.02. The van der Waals surface area contributed by atoms with E-state index in [2.05, 4.69) is 0 Å². The van der Waals surface area contributed by atoms with Crippen LogP contribution >= 0.6 is 0 Å². The molecule has 146 valence electrons. The van der Waals surface area contributed by atoms with Crippen LogP contribution in [0.2, 0.25) is 0 Å². The molecule has 1 unspecified atom stereocenters. The minimum atomic E-state index is -4.02. The molecule has 0 aromatic heterocycles. The Kier molecular flexibility index (Phi) is 4.73. The number of ether oxygens (including phenoxy) is 1. The van der Waals surface area contributed by atoms with Crippen molar-refractivity contribution in [2.45, 2.75) is 43.9 Å². The first-order valence-corrected chi connectivity index (χ1v) is 9.88. The molecule has 2 aliphatic rings. The number of morpholine rings is 1. The van der Waals surface area contributed by atoms with E-state index >= 15 is 0 Å². The van der Waals surface area contributed by atoms with Crippen LogP contribution in [-0.4, -0.2) is 71.9 Å². The fraction of sp³-hybridized carbons (Fsp3) is 0.471. The molecule has 0 spiro atoms. The predicted octanol–water partition coefficient (Wildman–Crippen LogP) is 0.554. The molecule has 1 N–H and O–H groups in total. The highest BCUT2D eigenvalue weighted by Crippen LogP contribution is 2.33. The van der Waals surface area contributed by atoms with Crippen LogP contribution in [0.5, 0.6) is 0 Å². The Balaban J connectivity index is 1.95. The summed E-state index contributed by atoms with van der Waals surface area (Å²) in [4.78, 5) is 37.5. The van der Waals surface area contributed by atoms with Gasteiger partial charge in [0.05, 0.1) is 18.2 Å². The standard InChI is InChI=1S/C17H20N2O7S/c1-9(2)19-16(21)12-5-4-11(6-14(12)27(19,24)25)15(20)18-7-10(3)26-13(8-18)17(22)23/h4-6,9-10,13H,7-8H2,1-3H3,(H,22,23)/t10-,13?/m1/s1. The first-order chi connectivity index (χ1) is 12.5. The molecule has 9 nitrogen and oxygen atoms in total. The minimum Gasteiger partial charge on any atom is -0.479 e. The number of hydrogen-bond acceptors (Lipinski definition) is 6. The molecule has 2 amide bonds. The summed E-state index contributed by atoms with van der Waals surface area (Å²) in [6, 6.07) is 3.34. The van der Waals surface area contributed by atoms with Crippen molar-refractivity contribution in [1.82, 2.24) is 9.21 Å². The molecule has 1 saturated heterocycles. The van der Waals surface area contributed by atoms with E-state index in [1.807, 2.05) is 0 Å². The number of fused-ring (bicyclic) bond motifs is 1. The second-order valence-electron chi connectivity index (χ2n) is 6.89. The number of carboxylic acid groups (broad SMARTS) is 1. The zero-order valence-corrected chi connectivity index (χ0v) is 15.9. The maximum Gasteiger partial charge on any atom is 0.334 e. The highest BCUT2D eigenvalue weighted by atomic mass is 32.2. The zero-order chi connectivity index (χ0) is 20.1. The molecular weight excluding hydrogens is 376 g/mol. The van der Waals surface area contributed by atoms with Crippen molar-refractivity contribution in [2.24, 2.45) is 0 Å². The van der Waals surface area contributed by atoms with Crippen molar-refractivity contribution in [1.29, 1.82) is 0 Å². The molecule has 2 aliphatic heterocycles. The summed E-state index contributed by atoms with van der Waals surface area (Å²) < 4.78 is 31.4. The van der Waals surface area contributed by atoms with Gasteiger partial charge in [-0.3, -0.25) is 9.59 Å². The van der Waals surface area contributed by atoms with E-state index < -0.39 is 46.1 Å². The van der Waals surface area contributed by atoms with Crippen LogP contribution in [0.1, 0.15) is 41.5 Å². The van der Waals surface area contributed by atoms with Gasteiger partial charge in [-0.25, -0.2) is 17.5 Å². The van der Waals surface area contributed by atoms with Crippen LogP contribution in [-0.2, 0) is 19.6 Å². The van der Waals surface area contributed by atoms with Crippen molar-refractivity contribution in [2.75, 3.05) is 13.1 Å². The quantitative estimate of drug-likeness (QED) is 0.792. The van der Waals surface area contributed by atoms with Gasteiger partial charge < -0.3 is 14.7 Å². The van der Waals surface area contributed by atoms with E-state index in [9.17, 15) is 22.8 Å². The Hall–Kier alpha value is -2.46. The summed E-state index contributed by atoms with van der Waals surface area (Å²) in [5, 5.41) is 9.15. The Labute approximate surface area is 156 Å². The smallest absolute Gasteiger partial charge is 0.334 e. The van der Waals surface area contributed by atoms with Crippen LogP contribution in [0.4, 0.5) is 0 Å². The summed E-state index contributed by atoms with van der Waals surface area (Å²) in [5.74, 6) is -2.30. The Morgan fingerprint density at radius 1 is 1.26 bits per heavy atom. The molecule has 27 heavy (non-hydrogen) atoms. The molecule has 0 bridgehead atoms. The summed E-state index contributed by atoms with van der Waals surface area (Å²) in [5.41, 5.74) is 0.105. The van der Waals surface area contributed by atoms with Gasteiger partial charge in [0.2, 0.25) is 0 Å². The molecule has 2 atom stereocenters. The highest BCUT2D eigenvalue weighted by Gasteiger charge is 2.43. The van der Waals surface area contributed by atoms with Gasteiger partial charge in [-0.15, -0.1) is 0 Å². The third-order valence-corrected chi connectivity index (χ3v) is 6.49. The van der Waals surface area contributed by atoms with Crippen LogP contribution in [0, 0.1) is 0 Å². The maximum absolute atomic E-state index is 12.8. The fourth-order valence-electron chi connectivity index (χ4n) is 3.33. The molecule has 0 saturated carbocycles. The molecule has 2 heterocycles. The monoisotopic (exact) mass is 396 g/mol. The lowest BCUT2D eigenvalue weighted by Crippen LogP contribution is -2.51. The molecule has 0 aliphatic carbocycles. The predicted molar refractivity (Wildman–Crippen MR) is 92.8 cm³/mol. The second kappa shape index (κ2) is 6.61. The molecule has 1 fully saturated rings. The van der Waals surface area contributed by atoms with Gasteiger partial charge in [0.25, 0.3) is 21.8 Å². The lowest BCUT2D eigenvalue weighted by molar-refractivity contribution is -0.160. The van der Waals surface area contributed by atoms with Gasteiger partial charge in [-0.1, -0.05) is 0 Å². The average molecular weight is 396 g/mol. The van der Waals surface area contributed by atoms with Gasteiger partial charge in [0.1, 0.15) is 4.90 Å². The van der Waals surface area contributed by atoms with Crippen LogP contribution in [0.25, 0.3) is 0 Å². The number of carbonyl (C=O) groups is 3. The lowest BCUT2D eigenvalue weighted by atomic mass is 10.1. The molecule has 10 heteroatoms. The van der Waals surface area contributed by atoms with E-state index in [1.54, 1.807) is 20.8 Å². The van der Waals surface area contributed by atoms with E-state index in [0.29, 0.717) is 0 Å². The van der Waals surface area contributed by atoms with E-state index in [1.165, 1.54) is 23.1 Å². The van der Waals surface area contributed by atoms with Crippen molar-refractivity contribution in [3.63, 3.8) is 0 Å². The van der Waals surface area contributed by atoms with Gasteiger partial charge >= 0.3 is 5.97 Å². The van der Waals surface area contributed by atoms with Gasteiger partial charge in [0.15, 0.2) is 6.10 Å². The van der Waals surface area contributed by atoms with Crippen molar-refractivity contribution in [3.05, 3.63) is 29.3 Å². The van der Waals surface area contributed by atoms with Crippen molar-refractivity contribution in [3.8, 4) is 0 Å². The minimum absolute atomic E-state index is 0.0269. The number of rotatable bonds is 3. The molecular formula is C17H20N2O7S. The van der Waals surface area contributed by atoms with Crippen molar-refractivity contribution >= 4 is 27.8 Å². The first-order valence-electron chi connectivity index (χ1n) is 8.44. The number of amides is 2. The van der Waals surface area contributed by atoms with Crippen LogP contribution in [0.15, 0.2) is 23.1 Å². The van der Waals surface area contributed by atoms with Gasteiger partial charge in [0, 0.05) is 18.2 Å². The normalized spacial score (nSPS) is 24.2. The lowest BCUT2D eigenvalue weighted by Gasteiger charge is -2.35. The number of sulfonamides is 1. The largest absolute Gasteiger partial charge is 0.479 e. The van der Waals surface area contributed by atoms with Gasteiger partial charge in [-0.2, -0.15) is 0 Å². The average Bonchev–Trinajstić information content (AvgIpc) is 2.79. The number of nitrogens with zero attached hydrogens (tertiary/aromatic N) is 2. The fourth-order valence-corrected chi connectivity index (χ4v) is 5.12. The van der Waals surface area contributed by atoms with E-state index in [4.69, 9.17) is 9.84 Å². The number of carbonyl (C=O) groups excluding carboxylic acids is 2. The number of carboxylic acids is 1. The number of aliphatic carboxylic acids is 1. The highest BCUT2D eigenvalue weighted by molar-refractivity contribution is 7.90. The third kappa shape index (κ3) is 3.19. The number of hydrogen-bond donors (Lipinski definition) is 1. The van der Waals surface area contributed by atoms with Crippen LogP contribution < -0.4 is 0 Å².